The predicted molar refractivity (Wildman–Crippen MR) is 85.6 cm³/mol. The zero-order chi connectivity index (χ0) is 15.7. The summed E-state index contributed by atoms with van der Waals surface area (Å²) in [4.78, 5) is 0. The highest BCUT2D eigenvalue weighted by atomic mass is 32.2. The minimum atomic E-state index is -3.08. The summed E-state index contributed by atoms with van der Waals surface area (Å²) in [6, 6.07) is 6.43. The Labute approximate surface area is 127 Å². The number of ether oxygens (including phenoxy) is 1. The fraction of sp³-hybridized carbons (Fsp3) is 0.625. The molecular formula is C16H25NO3S. The van der Waals surface area contributed by atoms with Crippen molar-refractivity contribution >= 4 is 9.84 Å². The van der Waals surface area contributed by atoms with E-state index in [9.17, 15) is 8.42 Å². The number of rotatable bonds is 6. The molecule has 1 unspecified atom stereocenters. The topological polar surface area (TPSA) is 55.4 Å². The van der Waals surface area contributed by atoms with Gasteiger partial charge in [0.1, 0.15) is 5.75 Å². The highest BCUT2D eigenvalue weighted by Gasteiger charge is 2.30. The van der Waals surface area contributed by atoms with Crippen molar-refractivity contribution in [3.05, 3.63) is 29.3 Å². The van der Waals surface area contributed by atoms with Crippen LogP contribution < -0.4 is 10.1 Å². The first kappa shape index (κ1) is 16.3. The van der Waals surface area contributed by atoms with E-state index < -0.39 is 14.6 Å². The molecular weight excluding hydrogens is 286 g/mol. The highest BCUT2D eigenvalue weighted by molar-refractivity contribution is 7.92. The van der Waals surface area contributed by atoms with Gasteiger partial charge in [0.25, 0.3) is 0 Å². The van der Waals surface area contributed by atoms with E-state index in [0.717, 1.165) is 25.2 Å². The molecule has 1 aliphatic heterocycles. The summed E-state index contributed by atoms with van der Waals surface area (Å²) in [5.74, 6) is 0.977. The molecule has 0 bridgehead atoms. The van der Waals surface area contributed by atoms with Crippen molar-refractivity contribution < 1.29 is 13.2 Å². The van der Waals surface area contributed by atoms with Gasteiger partial charge in [-0.3, -0.25) is 0 Å². The van der Waals surface area contributed by atoms with Crippen LogP contribution in [0.2, 0.25) is 0 Å². The summed E-state index contributed by atoms with van der Waals surface area (Å²) >= 11 is 0. The molecule has 0 saturated carbocycles. The number of sulfone groups is 1. The number of hydrogen-bond donors (Lipinski definition) is 1. The molecule has 1 aromatic carbocycles. The molecule has 0 aromatic heterocycles. The molecule has 5 heteroatoms. The fourth-order valence-corrected chi connectivity index (χ4v) is 2.77. The van der Waals surface area contributed by atoms with Crippen LogP contribution in [0.5, 0.6) is 5.75 Å². The van der Waals surface area contributed by atoms with Crippen LogP contribution in [0.4, 0.5) is 0 Å². The molecule has 2 rings (SSSR count). The minimum Gasteiger partial charge on any atom is -0.493 e. The van der Waals surface area contributed by atoms with E-state index in [1.54, 1.807) is 13.8 Å². The van der Waals surface area contributed by atoms with Gasteiger partial charge >= 0.3 is 0 Å². The first-order chi connectivity index (χ1) is 9.74. The third kappa shape index (κ3) is 3.58. The lowest BCUT2D eigenvalue weighted by Crippen LogP contribution is -2.42. The number of hydrogen-bond acceptors (Lipinski definition) is 4. The molecule has 21 heavy (non-hydrogen) atoms. The first-order valence-electron chi connectivity index (χ1n) is 7.43. The van der Waals surface area contributed by atoms with Gasteiger partial charge in [-0.25, -0.2) is 8.42 Å². The first-order valence-corrected chi connectivity index (χ1v) is 9.32. The summed E-state index contributed by atoms with van der Waals surface area (Å²) in [6.45, 7) is 6.83. The van der Waals surface area contributed by atoms with Crippen molar-refractivity contribution in [1.82, 2.24) is 5.32 Å². The lowest BCUT2D eigenvalue weighted by molar-refractivity contribution is 0.356. The number of fused-ring (bicyclic) bond motifs is 1. The molecule has 1 aromatic rings. The van der Waals surface area contributed by atoms with Gasteiger partial charge in [-0.05, 0) is 37.5 Å². The van der Waals surface area contributed by atoms with Gasteiger partial charge in [0.2, 0.25) is 0 Å². The van der Waals surface area contributed by atoms with Crippen LogP contribution in [0.15, 0.2) is 18.2 Å². The van der Waals surface area contributed by atoms with Crippen molar-refractivity contribution in [2.24, 2.45) is 0 Å². The quantitative estimate of drug-likeness (QED) is 0.877. The second kappa shape index (κ2) is 5.97. The maximum Gasteiger partial charge on any atom is 0.153 e. The van der Waals surface area contributed by atoms with Gasteiger partial charge in [-0.15, -0.1) is 0 Å². The van der Waals surface area contributed by atoms with Gasteiger partial charge in [0, 0.05) is 25.3 Å². The van der Waals surface area contributed by atoms with Gasteiger partial charge in [0.05, 0.1) is 11.4 Å². The largest absolute Gasteiger partial charge is 0.493 e. The molecule has 0 amide bonds. The van der Waals surface area contributed by atoms with Gasteiger partial charge in [0.15, 0.2) is 9.84 Å². The maximum atomic E-state index is 11.8. The Bertz CT molecular complexity index is 608. The lowest BCUT2D eigenvalue weighted by atomic mass is 10.00. The molecule has 1 atom stereocenters. The zero-order valence-electron chi connectivity index (χ0n) is 13.3. The van der Waals surface area contributed by atoms with Crippen LogP contribution in [0.1, 0.15) is 44.4 Å². The van der Waals surface area contributed by atoms with Crippen molar-refractivity contribution in [2.45, 2.75) is 44.4 Å². The molecule has 0 aliphatic carbocycles. The van der Waals surface area contributed by atoms with E-state index in [2.05, 4.69) is 24.4 Å². The molecule has 0 fully saturated rings. The SMILES string of the molecule is CCC(NCC(C)(C)S(C)(=O)=O)c1ccc2c(c1)CCO2. The molecule has 0 saturated heterocycles. The monoisotopic (exact) mass is 311 g/mol. The average Bonchev–Trinajstić information content (AvgIpc) is 2.85. The van der Waals surface area contributed by atoms with Crippen LogP contribution in [-0.4, -0.2) is 32.6 Å². The summed E-state index contributed by atoms with van der Waals surface area (Å²) in [6.07, 6.45) is 3.16. The molecule has 0 spiro atoms. The summed E-state index contributed by atoms with van der Waals surface area (Å²) in [5.41, 5.74) is 2.45. The van der Waals surface area contributed by atoms with E-state index in [-0.39, 0.29) is 6.04 Å². The molecule has 1 aliphatic rings. The van der Waals surface area contributed by atoms with Crippen LogP contribution >= 0.6 is 0 Å². The van der Waals surface area contributed by atoms with Crippen molar-refractivity contribution in [3.63, 3.8) is 0 Å². The zero-order valence-corrected chi connectivity index (χ0v) is 14.1. The molecule has 118 valence electrons. The standard InChI is InChI=1S/C16H25NO3S/c1-5-14(17-11-16(2,3)21(4,18)19)12-6-7-15-13(10-12)8-9-20-15/h6-7,10,14,17H,5,8-9,11H2,1-4H3. The molecule has 0 radical (unpaired) electrons. The highest BCUT2D eigenvalue weighted by Crippen LogP contribution is 2.29. The van der Waals surface area contributed by atoms with Gasteiger partial charge in [-0.2, -0.15) is 0 Å². The maximum absolute atomic E-state index is 11.8. The van der Waals surface area contributed by atoms with Crippen LogP contribution in [0.3, 0.4) is 0 Å². The second-order valence-electron chi connectivity index (χ2n) is 6.34. The molecule has 1 N–H and O–H groups in total. The van der Waals surface area contributed by atoms with Gasteiger partial charge in [-0.1, -0.05) is 19.1 Å². The lowest BCUT2D eigenvalue weighted by Gasteiger charge is -2.27. The number of nitrogens with one attached hydrogen (secondary N) is 1. The van der Waals surface area contributed by atoms with Crippen molar-refractivity contribution in [2.75, 3.05) is 19.4 Å². The summed E-state index contributed by atoms with van der Waals surface area (Å²) in [7, 11) is -3.08. The normalized spacial score (nSPS) is 16.4. The third-order valence-electron chi connectivity index (χ3n) is 4.30. The van der Waals surface area contributed by atoms with Gasteiger partial charge < -0.3 is 10.1 Å². The average molecular weight is 311 g/mol. The van der Waals surface area contributed by atoms with Crippen molar-refractivity contribution in [3.8, 4) is 5.75 Å². The van der Waals surface area contributed by atoms with E-state index in [0.29, 0.717) is 6.54 Å². The Hall–Kier alpha value is -1.07. The smallest absolute Gasteiger partial charge is 0.153 e. The molecule has 1 heterocycles. The Morgan fingerprint density at radius 1 is 1.38 bits per heavy atom. The van der Waals surface area contributed by atoms with Crippen molar-refractivity contribution in [1.29, 1.82) is 0 Å². The Morgan fingerprint density at radius 2 is 2.10 bits per heavy atom. The van der Waals surface area contributed by atoms with Crippen LogP contribution in [0.25, 0.3) is 0 Å². The fourth-order valence-electron chi connectivity index (χ4n) is 2.42. The van der Waals surface area contributed by atoms with Crippen LogP contribution in [0, 0.1) is 0 Å². The molecule has 4 nitrogen and oxygen atoms in total. The Morgan fingerprint density at radius 3 is 2.71 bits per heavy atom. The van der Waals surface area contributed by atoms with E-state index >= 15 is 0 Å². The minimum absolute atomic E-state index is 0.164. The van der Waals surface area contributed by atoms with Crippen LogP contribution in [-0.2, 0) is 16.3 Å². The van der Waals surface area contributed by atoms with E-state index in [4.69, 9.17) is 4.74 Å². The second-order valence-corrected chi connectivity index (χ2v) is 8.99. The van der Waals surface area contributed by atoms with E-state index in [1.807, 2.05) is 6.07 Å². The Balaban J connectivity index is 2.10. The summed E-state index contributed by atoms with van der Waals surface area (Å²) in [5, 5.41) is 3.40. The third-order valence-corrected chi connectivity index (χ3v) is 6.45. The number of benzene rings is 1. The Kier molecular flexibility index (Phi) is 4.63. The summed E-state index contributed by atoms with van der Waals surface area (Å²) < 4.78 is 28.3. The van der Waals surface area contributed by atoms with E-state index in [1.165, 1.54) is 17.4 Å². The predicted octanol–water partition coefficient (Wildman–Crippen LogP) is 2.49.